The topological polar surface area (TPSA) is 138 Å². The molecule has 1 saturated carbocycles. The van der Waals surface area contributed by atoms with Crippen molar-refractivity contribution in [2.24, 2.45) is 10.8 Å². The molecule has 1 aliphatic rings. The van der Waals surface area contributed by atoms with Crippen LogP contribution in [0.15, 0.2) is 24.3 Å². The van der Waals surface area contributed by atoms with Crippen molar-refractivity contribution < 1.29 is 4.92 Å². The molecule has 20 heavy (non-hydrogen) atoms. The van der Waals surface area contributed by atoms with Crippen LogP contribution in [-0.2, 0) is 0 Å². The Bertz CT molecular complexity index is 706. The van der Waals surface area contributed by atoms with Crippen molar-refractivity contribution in [1.82, 2.24) is 0 Å². The van der Waals surface area contributed by atoms with Crippen LogP contribution in [0.4, 0.5) is 5.69 Å². The van der Waals surface area contributed by atoms with Gasteiger partial charge in [-0.25, -0.2) is 0 Å². The number of hydrogen-bond donors (Lipinski definition) is 0. The summed E-state index contributed by atoms with van der Waals surface area (Å²) in [5.74, 6) is -1.11. The number of nitrogens with zero attached hydrogens (tertiary/aromatic N) is 5. The second kappa shape index (κ2) is 4.05. The van der Waals surface area contributed by atoms with Gasteiger partial charge in [-0.2, -0.15) is 21.0 Å². The standard InChI is InChI=1S/C13H5N5O2/c14-5-12(6-15)11(13(12,7-16)8-17)9-3-1-2-4-10(9)18(19)20/h1-4,11H. The summed E-state index contributed by atoms with van der Waals surface area (Å²) in [7, 11) is 0. The summed E-state index contributed by atoms with van der Waals surface area (Å²) in [6, 6.07) is 12.2. The maximum atomic E-state index is 11.0. The minimum Gasteiger partial charge on any atom is -0.258 e. The molecular weight excluding hydrogens is 258 g/mol. The molecule has 94 valence electrons. The molecule has 1 aromatic rings. The Morgan fingerprint density at radius 1 is 1.00 bits per heavy atom. The van der Waals surface area contributed by atoms with Crippen molar-refractivity contribution in [1.29, 1.82) is 21.0 Å². The highest BCUT2D eigenvalue weighted by Crippen LogP contribution is 2.74. The van der Waals surface area contributed by atoms with Crippen LogP contribution in [0.3, 0.4) is 0 Å². The lowest BCUT2D eigenvalue weighted by Crippen LogP contribution is -2.05. The van der Waals surface area contributed by atoms with Gasteiger partial charge in [-0.1, -0.05) is 18.2 Å². The highest BCUT2D eigenvalue weighted by molar-refractivity contribution is 5.62. The molecule has 0 amide bonds. The number of rotatable bonds is 2. The molecule has 0 bridgehead atoms. The van der Waals surface area contributed by atoms with E-state index in [2.05, 4.69) is 0 Å². The van der Waals surface area contributed by atoms with Crippen LogP contribution in [0.5, 0.6) is 0 Å². The van der Waals surface area contributed by atoms with E-state index < -0.39 is 21.7 Å². The molecule has 0 spiro atoms. The number of hydrogen-bond acceptors (Lipinski definition) is 6. The third kappa shape index (κ3) is 1.24. The molecule has 0 aromatic heterocycles. The van der Waals surface area contributed by atoms with Crippen LogP contribution in [0, 0.1) is 66.3 Å². The second-order valence-corrected chi connectivity index (χ2v) is 4.31. The van der Waals surface area contributed by atoms with Gasteiger partial charge in [0.1, 0.15) is 0 Å². The maximum absolute atomic E-state index is 11.0. The molecule has 0 heterocycles. The molecule has 0 radical (unpaired) electrons. The van der Waals surface area contributed by atoms with E-state index in [-0.39, 0.29) is 11.3 Å². The zero-order chi connectivity index (χ0) is 15.0. The minimum atomic E-state index is -1.87. The molecule has 0 atom stereocenters. The van der Waals surface area contributed by atoms with Gasteiger partial charge in [0.2, 0.25) is 0 Å². The average Bonchev–Trinajstić information content (AvgIpc) is 3.09. The number of nitriles is 4. The van der Waals surface area contributed by atoms with Gasteiger partial charge < -0.3 is 0 Å². The Hall–Kier alpha value is -3.42. The van der Waals surface area contributed by atoms with Gasteiger partial charge in [0.25, 0.3) is 5.69 Å². The maximum Gasteiger partial charge on any atom is 0.273 e. The molecule has 7 nitrogen and oxygen atoms in total. The van der Waals surface area contributed by atoms with E-state index in [1.807, 2.05) is 0 Å². The van der Waals surface area contributed by atoms with Crippen molar-refractivity contribution in [3.8, 4) is 24.3 Å². The number of benzene rings is 1. The Morgan fingerprint density at radius 3 is 1.85 bits per heavy atom. The van der Waals surface area contributed by atoms with Gasteiger partial charge in [-0.3, -0.25) is 10.1 Å². The Balaban J connectivity index is 2.72. The Kier molecular flexibility index (Phi) is 2.64. The van der Waals surface area contributed by atoms with Gasteiger partial charge in [0.05, 0.1) is 35.1 Å². The van der Waals surface area contributed by atoms with E-state index in [4.69, 9.17) is 0 Å². The Labute approximate surface area is 113 Å². The first-order valence-corrected chi connectivity index (χ1v) is 5.43. The molecule has 1 aromatic carbocycles. The van der Waals surface area contributed by atoms with Gasteiger partial charge >= 0.3 is 0 Å². The van der Waals surface area contributed by atoms with Crippen LogP contribution >= 0.6 is 0 Å². The number of nitro groups is 1. The van der Waals surface area contributed by atoms with E-state index in [1.165, 1.54) is 24.3 Å². The summed E-state index contributed by atoms with van der Waals surface area (Å²) < 4.78 is 0. The third-order valence-electron chi connectivity index (χ3n) is 3.55. The van der Waals surface area contributed by atoms with E-state index in [9.17, 15) is 31.2 Å². The summed E-state index contributed by atoms with van der Waals surface area (Å²) in [5.41, 5.74) is -3.99. The number of nitro benzene ring substituents is 1. The zero-order valence-corrected chi connectivity index (χ0v) is 9.94. The van der Waals surface area contributed by atoms with Crippen molar-refractivity contribution in [2.45, 2.75) is 5.92 Å². The molecule has 0 unspecified atom stereocenters. The zero-order valence-electron chi connectivity index (χ0n) is 9.94. The van der Waals surface area contributed by atoms with Crippen LogP contribution in [-0.4, -0.2) is 4.92 Å². The van der Waals surface area contributed by atoms with Crippen molar-refractivity contribution in [3.63, 3.8) is 0 Å². The van der Waals surface area contributed by atoms with E-state index in [1.54, 1.807) is 24.3 Å². The summed E-state index contributed by atoms with van der Waals surface area (Å²) in [4.78, 5) is 10.3. The van der Waals surface area contributed by atoms with Gasteiger partial charge in [-0.15, -0.1) is 0 Å². The van der Waals surface area contributed by atoms with Crippen LogP contribution in [0.1, 0.15) is 11.5 Å². The monoisotopic (exact) mass is 263 g/mol. The quantitative estimate of drug-likeness (QED) is 0.588. The van der Waals surface area contributed by atoms with Crippen molar-refractivity contribution in [3.05, 3.63) is 39.9 Å². The van der Waals surface area contributed by atoms with Crippen molar-refractivity contribution in [2.75, 3.05) is 0 Å². The SMILES string of the molecule is N#CC1(C#N)C(c2ccccc2[N+](=O)[O-])C1(C#N)C#N. The minimum absolute atomic E-state index is 0.0590. The van der Waals surface area contributed by atoms with Gasteiger partial charge in [0.15, 0.2) is 10.8 Å². The fourth-order valence-electron chi connectivity index (χ4n) is 2.50. The predicted octanol–water partition coefficient (Wildman–Crippen LogP) is 1.76. The van der Waals surface area contributed by atoms with Crippen LogP contribution < -0.4 is 0 Å². The summed E-state index contributed by atoms with van der Waals surface area (Å²) in [6.45, 7) is 0. The van der Waals surface area contributed by atoms with E-state index in [0.29, 0.717) is 0 Å². The molecule has 1 fully saturated rings. The number of para-hydroxylation sites is 1. The molecule has 0 saturated heterocycles. The largest absolute Gasteiger partial charge is 0.273 e. The average molecular weight is 263 g/mol. The molecule has 1 aliphatic carbocycles. The van der Waals surface area contributed by atoms with E-state index in [0.717, 1.165) is 0 Å². The van der Waals surface area contributed by atoms with Crippen molar-refractivity contribution >= 4 is 5.69 Å². The normalized spacial score (nSPS) is 17.8. The third-order valence-corrected chi connectivity index (χ3v) is 3.55. The summed E-state index contributed by atoms with van der Waals surface area (Å²) in [5, 5.41) is 47.7. The van der Waals surface area contributed by atoms with Crippen LogP contribution in [0.25, 0.3) is 0 Å². The fraction of sp³-hybridized carbons (Fsp3) is 0.231. The lowest BCUT2D eigenvalue weighted by atomic mass is 9.98. The molecular formula is C13H5N5O2. The second-order valence-electron chi connectivity index (χ2n) is 4.31. The first-order chi connectivity index (χ1) is 9.54. The smallest absolute Gasteiger partial charge is 0.258 e. The fourth-order valence-corrected chi connectivity index (χ4v) is 2.50. The first kappa shape index (κ1) is 13.0. The lowest BCUT2D eigenvalue weighted by molar-refractivity contribution is -0.385. The van der Waals surface area contributed by atoms with Gasteiger partial charge in [-0.05, 0) is 0 Å². The Morgan fingerprint density at radius 2 is 1.45 bits per heavy atom. The summed E-state index contributed by atoms with van der Waals surface area (Å²) in [6.07, 6.45) is 0. The highest BCUT2D eigenvalue weighted by atomic mass is 16.6. The molecule has 2 rings (SSSR count). The first-order valence-electron chi connectivity index (χ1n) is 5.43. The van der Waals surface area contributed by atoms with E-state index >= 15 is 0 Å². The lowest BCUT2D eigenvalue weighted by Gasteiger charge is -2.00. The highest BCUT2D eigenvalue weighted by Gasteiger charge is 2.82. The molecule has 0 aliphatic heterocycles. The van der Waals surface area contributed by atoms with Gasteiger partial charge in [0, 0.05) is 11.6 Å². The molecule has 7 heteroatoms. The summed E-state index contributed by atoms with van der Waals surface area (Å²) >= 11 is 0. The van der Waals surface area contributed by atoms with Crippen LogP contribution in [0.2, 0.25) is 0 Å². The molecule has 0 N–H and O–H groups in total. The predicted molar refractivity (Wildman–Crippen MR) is 63.2 cm³/mol.